The van der Waals surface area contributed by atoms with Gasteiger partial charge in [0.2, 0.25) is 5.91 Å². The highest BCUT2D eigenvalue weighted by atomic mass is 127. The molecule has 7 nitrogen and oxygen atoms in total. The second-order valence-corrected chi connectivity index (χ2v) is 6.80. The average molecular weight is 492 g/mol. The third kappa shape index (κ3) is 12.3. The average Bonchev–Trinajstić information content (AvgIpc) is 2.58. The molecule has 0 aliphatic carbocycles. The summed E-state index contributed by atoms with van der Waals surface area (Å²) in [6.07, 6.45) is 0.801. The van der Waals surface area contributed by atoms with Gasteiger partial charge in [0.15, 0.2) is 5.96 Å². The Balaban J connectivity index is 0.00000676. The molecule has 1 aromatic carbocycles. The number of benzene rings is 1. The normalized spacial score (nSPS) is 11.2. The minimum Gasteiger partial charge on any atom is -0.497 e. The van der Waals surface area contributed by atoms with Crippen LogP contribution in [0.25, 0.3) is 0 Å². The molecule has 0 radical (unpaired) electrons. The first-order valence-corrected chi connectivity index (χ1v) is 8.94. The summed E-state index contributed by atoms with van der Waals surface area (Å²) in [4.78, 5) is 16.1. The van der Waals surface area contributed by atoms with Gasteiger partial charge in [-0.1, -0.05) is 6.07 Å². The van der Waals surface area contributed by atoms with Crippen molar-refractivity contribution in [1.82, 2.24) is 16.0 Å². The predicted octanol–water partition coefficient (Wildman–Crippen LogP) is 2.55. The first-order valence-electron chi connectivity index (χ1n) is 8.94. The number of amides is 1. The number of ether oxygens (including phenoxy) is 2. The summed E-state index contributed by atoms with van der Waals surface area (Å²) in [6.45, 7) is 9.90. The number of nitrogens with one attached hydrogen (secondary N) is 3. The zero-order valence-electron chi connectivity index (χ0n) is 16.9. The standard InChI is InChI=1S/C19H32N4O3.HI/c1-6-20-18(22-14-17(24)23-19(2,3)4)21-11-8-12-26-16-10-7-9-15(13-16)25-5;/h7,9-10,13H,6,8,11-12,14H2,1-5H3,(H,23,24)(H2,20,21,22);1H. The highest BCUT2D eigenvalue weighted by Gasteiger charge is 2.13. The van der Waals surface area contributed by atoms with Crippen LogP contribution in [0.3, 0.4) is 0 Å². The summed E-state index contributed by atoms with van der Waals surface area (Å²) in [5.41, 5.74) is -0.254. The highest BCUT2D eigenvalue weighted by Crippen LogP contribution is 2.18. The third-order valence-corrected chi connectivity index (χ3v) is 3.16. The molecule has 154 valence electrons. The van der Waals surface area contributed by atoms with Crippen molar-refractivity contribution < 1.29 is 14.3 Å². The third-order valence-electron chi connectivity index (χ3n) is 3.16. The maximum atomic E-state index is 11.8. The van der Waals surface area contributed by atoms with E-state index in [0.717, 1.165) is 24.5 Å². The van der Waals surface area contributed by atoms with Gasteiger partial charge in [-0.15, -0.1) is 24.0 Å². The van der Waals surface area contributed by atoms with Gasteiger partial charge in [-0.05, 0) is 46.2 Å². The zero-order valence-corrected chi connectivity index (χ0v) is 19.3. The van der Waals surface area contributed by atoms with Crippen LogP contribution in [0.4, 0.5) is 0 Å². The lowest BCUT2D eigenvalue weighted by molar-refractivity contribution is -0.121. The molecule has 0 aromatic heterocycles. The first kappa shape index (κ1) is 25.3. The van der Waals surface area contributed by atoms with E-state index in [2.05, 4.69) is 20.9 Å². The number of carbonyl (C=O) groups excluding carboxylic acids is 1. The van der Waals surface area contributed by atoms with E-state index < -0.39 is 0 Å². The molecular weight excluding hydrogens is 459 g/mol. The second-order valence-electron chi connectivity index (χ2n) is 6.80. The van der Waals surface area contributed by atoms with Crippen LogP contribution < -0.4 is 25.4 Å². The quantitative estimate of drug-likeness (QED) is 0.214. The molecule has 0 saturated carbocycles. The van der Waals surface area contributed by atoms with E-state index in [1.54, 1.807) is 7.11 Å². The molecule has 1 aromatic rings. The van der Waals surface area contributed by atoms with Crippen molar-refractivity contribution in [3.05, 3.63) is 24.3 Å². The minimum absolute atomic E-state index is 0. The molecule has 1 amide bonds. The number of rotatable bonds is 9. The molecule has 1 rings (SSSR count). The van der Waals surface area contributed by atoms with E-state index in [9.17, 15) is 4.79 Å². The van der Waals surface area contributed by atoms with Crippen LogP contribution in [0.15, 0.2) is 29.3 Å². The van der Waals surface area contributed by atoms with Crippen molar-refractivity contribution in [1.29, 1.82) is 0 Å². The van der Waals surface area contributed by atoms with E-state index >= 15 is 0 Å². The topological polar surface area (TPSA) is 84.0 Å². The number of hydrogen-bond donors (Lipinski definition) is 3. The summed E-state index contributed by atoms with van der Waals surface area (Å²) in [6, 6.07) is 7.52. The molecule has 0 unspecified atom stereocenters. The van der Waals surface area contributed by atoms with Crippen molar-refractivity contribution in [3.8, 4) is 11.5 Å². The molecule has 0 aliphatic rings. The Hall–Kier alpha value is -1.71. The van der Waals surface area contributed by atoms with Crippen LogP contribution in [0.1, 0.15) is 34.1 Å². The number of methoxy groups -OCH3 is 1. The maximum absolute atomic E-state index is 11.8. The Morgan fingerprint density at radius 3 is 2.52 bits per heavy atom. The molecule has 0 spiro atoms. The maximum Gasteiger partial charge on any atom is 0.242 e. The molecule has 0 bridgehead atoms. The Morgan fingerprint density at radius 1 is 1.19 bits per heavy atom. The Bertz CT molecular complexity index is 589. The number of aliphatic imine (C=N–C) groups is 1. The lowest BCUT2D eigenvalue weighted by atomic mass is 10.1. The summed E-state index contributed by atoms with van der Waals surface area (Å²) >= 11 is 0. The molecule has 27 heavy (non-hydrogen) atoms. The molecule has 0 saturated heterocycles. The minimum atomic E-state index is -0.254. The lowest BCUT2D eigenvalue weighted by Gasteiger charge is -2.20. The zero-order chi connectivity index (χ0) is 19.4. The van der Waals surface area contributed by atoms with E-state index in [1.165, 1.54) is 0 Å². The molecule has 0 aliphatic heterocycles. The lowest BCUT2D eigenvalue weighted by Crippen LogP contribution is -2.43. The molecular formula is C19H33IN4O3. The van der Waals surface area contributed by atoms with Gasteiger partial charge in [-0.3, -0.25) is 4.79 Å². The second kappa shape index (κ2) is 13.5. The van der Waals surface area contributed by atoms with E-state index in [4.69, 9.17) is 9.47 Å². The van der Waals surface area contributed by atoms with Gasteiger partial charge in [0, 0.05) is 24.7 Å². The molecule has 8 heteroatoms. The van der Waals surface area contributed by atoms with Crippen molar-refractivity contribution in [2.45, 2.75) is 39.7 Å². The van der Waals surface area contributed by atoms with Crippen molar-refractivity contribution >= 4 is 35.8 Å². The Labute approximate surface area is 179 Å². The van der Waals surface area contributed by atoms with Gasteiger partial charge in [0.05, 0.1) is 13.7 Å². The number of halogens is 1. The number of hydrogen-bond acceptors (Lipinski definition) is 4. The smallest absolute Gasteiger partial charge is 0.242 e. The van der Waals surface area contributed by atoms with E-state index in [1.807, 2.05) is 52.0 Å². The number of carbonyl (C=O) groups is 1. The van der Waals surface area contributed by atoms with Crippen LogP contribution in [0.2, 0.25) is 0 Å². The van der Waals surface area contributed by atoms with Crippen molar-refractivity contribution in [3.63, 3.8) is 0 Å². The Kier molecular flexibility index (Phi) is 12.6. The monoisotopic (exact) mass is 492 g/mol. The Morgan fingerprint density at radius 2 is 1.89 bits per heavy atom. The van der Waals surface area contributed by atoms with E-state index in [-0.39, 0.29) is 42.0 Å². The van der Waals surface area contributed by atoms with E-state index in [0.29, 0.717) is 19.1 Å². The fraction of sp³-hybridized carbons (Fsp3) is 0.579. The molecule has 0 atom stereocenters. The SMILES string of the molecule is CCNC(=NCC(=O)NC(C)(C)C)NCCCOc1cccc(OC)c1.I. The first-order chi connectivity index (χ1) is 12.3. The van der Waals surface area contributed by atoms with Crippen molar-refractivity contribution in [2.75, 3.05) is 33.4 Å². The predicted molar refractivity (Wildman–Crippen MR) is 120 cm³/mol. The van der Waals surface area contributed by atoms with Crippen LogP contribution in [-0.4, -0.2) is 50.8 Å². The van der Waals surface area contributed by atoms with Crippen LogP contribution in [0.5, 0.6) is 11.5 Å². The summed E-state index contributed by atoms with van der Waals surface area (Å²) in [7, 11) is 1.63. The van der Waals surface area contributed by atoms with Gasteiger partial charge in [0.1, 0.15) is 18.0 Å². The largest absolute Gasteiger partial charge is 0.497 e. The number of guanidine groups is 1. The fourth-order valence-corrected chi connectivity index (χ4v) is 2.11. The van der Waals surface area contributed by atoms with Crippen LogP contribution in [-0.2, 0) is 4.79 Å². The number of nitrogens with zero attached hydrogens (tertiary/aromatic N) is 1. The summed E-state index contributed by atoms with van der Waals surface area (Å²) in [5, 5.41) is 9.22. The van der Waals surface area contributed by atoms with Gasteiger partial charge in [0.25, 0.3) is 0 Å². The van der Waals surface area contributed by atoms with Crippen LogP contribution >= 0.6 is 24.0 Å². The highest BCUT2D eigenvalue weighted by molar-refractivity contribution is 14.0. The summed E-state index contributed by atoms with van der Waals surface area (Å²) in [5.74, 6) is 2.08. The van der Waals surface area contributed by atoms with Gasteiger partial charge < -0.3 is 25.4 Å². The van der Waals surface area contributed by atoms with Gasteiger partial charge >= 0.3 is 0 Å². The summed E-state index contributed by atoms with van der Waals surface area (Å²) < 4.78 is 10.9. The van der Waals surface area contributed by atoms with Crippen molar-refractivity contribution in [2.24, 2.45) is 4.99 Å². The van der Waals surface area contributed by atoms with Gasteiger partial charge in [-0.2, -0.15) is 0 Å². The molecule has 3 N–H and O–H groups in total. The molecule has 0 heterocycles. The van der Waals surface area contributed by atoms with Crippen LogP contribution in [0, 0.1) is 0 Å². The molecule has 0 fully saturated rings. The van der Waals surface area contributed by atoms with Gasteiger partial charge in [-0.25, -0.2) is 4.99 Å². The fourth-order valence-electron chi connectivity index (χ4n) is 2.11.